The van der Waals surface area contributed by atoms with E-state index in [9.17, 15) is 14.7 Å². The predicted octanol–water partition coefficient (Wildman–Crippen LogP) is 3.50. The fourth-order valence-electron chi connectivity index (χ4n) is 4.12. The molecule has 8 heteroatoms. The summed E-state index contributed by atoms with van der Waals surface area (Å²) in [5.74, 6) is -0.165. The molecule has 1 aliphatic rings. The van der Waals surface area contributed by atoms with Crippen molar-refractivity contribution < 1.29 is 19.4 Å². The van der Waals surface area contributed by atoms with Crippen molar-refractivity contribution in [3.05, 3.63) is 23.4 Å². The molecule has 192 valence electrons. The topological polar surface area (TPSA) is 104 Å². The third kappa shape index (κ3) is 10.8. The summed E-state index contributed by atoms with van der Waals surface area (Å²) in [6.45, 7) is 12.3. The molecule has 1 amide bonds. The zero-order valence-electron chi connectivity index (χ0n) is 21.5. The van der Waals surface area contributed by atoms with Crippen molar-refractivity contribution in [2.75, 3.05) is 44.7 Å². The highest BCUT2D eigenvalue weighted by molar-refractivity contribution is 5.83. The summed E-state index contributed by atoms with van der Waals surface area (Å²) in [7, 11) is 0. The molecule has 0 fully saturated rings. The third-order valence-electron chi connectivity index (χ3n) is 5.92. The molecule has 0 bridgehead atoms. The molecule has 0 saturated heterocycles. The van der Waals surface area contributed by atoms with Crippen molar-refractivity contribution >= 4 is 17.7 Å². The molecule has 34 heavy (non-hydrogen) atoms. The Hall–Kier alpha value is -2.19. The van der Waals surface area contributed by atoms with Crippen molar-refractivity contribution in [1.29, 1.82) is 0 Å². The van der Waals surface area contributed by atoms with Gasteiger partial charge in [-0.15, -0.1) is 0 Å². The number of ether oxygens (including phenoxy) is 1. The highest BCUT2D eigenvalue weighted by atomic mass is 16.5. The summed E-state index contributed by atoms with van der Waals surface area (Å²) in [5, 5.41) is 15.7. The standard InChI is InChI=1S/C26H44N4O4/c1-5-34-18-17-30(16-13-22(25(32)33)29-23(31)19-26(2,3)4)15-7-6-10-21-12-11-20-9-8-14-27-24(20)28-21/h11-12,22H,5-10,13-19H2,1-4H3,(H,27,28)(H,29,31)(H,32,33). The lowest BCUT2D eigenvalue weighted by Crippen LogP contribution is -2.44. The van der Waals surface area contributed by atoms with Crippen LogP contribution in [0.25, 0.3) is 0 Å². The van der Waals surface area contributed by atoms with Gasteiger partial charge >= 0.3 is 5.97 Å². The summed E-state index contributed by atoms with van der Waals surface area (Å²) in [6, 6.07) is 3.45. The van der Waals surface area contributed by atoms with E-state index < -0.39 is 12.0 Å². The zero-order valence-corrected chi connectivity index (χ0v) is 21.5. The number of unbranched alkanes of at least 4 members (excludes halogenated alkanes) is 1. The minimum atomic E-state index is -0.987. The maximum atomic E-state index is 12.2. The highest BCUT2D eigenvalue weighted by Gasteiger charge is 2.23. The maximum Gasteiger partial charge on any atom is 0.326 e. The number of aryl methyl sites for hydroxylation is 2. The Morgan fingerprint density at radius 1 is 1.24 bits per heavy atom. The molecular weight excluding hydrogens is 432 g/mol. The third-order valence-corrected chi connectivity index (χ3v) is 5.92. The van der Waals surface area contributed by atoms with Crippen molar-refractivity contribution in [2.45, 2.75) is 78.7 Å². The Morgan fingerprint density at radius 2 is 2.03 bits per heavy atom. The number of carboxylic acids is 1. The van der Waals surface area contributed by atoms with E-state index in [0.29, 0.717) is 32.6 Å². The van der Waals surface area contributed by atoms with Gasteiger partial charge in [0, 0.05) is 38.4 Å². The lowest BCUT2D eigenvalue weighted by atomic mass is 9.92. The first-order valence-corrected chi connectivity index (χ1v) is 12.7. The number of carbonyl (C=O) groups is 2. The molecule has 3 N–H and O–H groups in total. The molecule has 0 radical (unpaired) electrons. The number of pyridine rings is 1. The molecule has 1 unspecified atom stereocenters. The summed E-state index contributed by atoms with van der Waals surface area (Å²) in [5.41, 5.74) is 2.24. The van der Waals surface area contributed by atoms with Gasteiger partial charge in [0.15, 0.2) is 0 Å². The van der Waals surface area contributed by atoms with Crippen molar-refractivity contribution in [1.82, 2.24) is 15.2 Å². The summed E-state index contributed by atoms with van der Waals surface area (Å²) < 4.78 is 5.52. The molecule has 0 aliphatic carbocycles. The molecule has 1 aromatic heterocycles. The zero-order chi connectivity index (χ0) is 25.0. The quantitative estimate of drug-likeness (QED) is 0.333. The summed E-state index contributed by atoms with van der Waals surface area (Å²) in [4.78, 5) is 31.0. The molecule has 2 rings (SSSR count). The minimum absolute atomic E-state index is 0.181. The molecule has 1 atom stereocenters. The van der Waals surface area contributed by atoms with Gasteiger partial charge in [-0.25, -0.2) is 9.78 Å². The fourth-order valence-corrected chi connectivity index (χ4v) is 4.12. The molecule has 0 aromatic carbocycles. The molecule has 2 heterocycles. The van der Waals surface area contributed by atoms with E-state index in [0.717, 1.165) is 63.3 Å². The van der Waals surface area contributed by atoms with Crippen LogP contribution in [0.5, 0.6) is 0 Å². The van der Waals surface area contributed by atoms with Crippen molar-refractivity contribution in [3.8, 4) is 0 Å². The second-order valence-corrected chi connectivity index (χ2v) is 10.3. The van der Waals surface area contributed by atoms with Gasteiger partial charge in [0.05, 0.1) is 6.61 Å². The van der Waals surface area contributed by atoms with Crippen LogP contribution in [-0.4, -0.2) is 72.3 Å². The number of nitrogens with one attached hydrogen (secondary N) is 2. The Bertz CT molecular complexity index is 779. The fraction of sp³-hybridized carbons (Fsp3) is 0.731. The number of carboxylic acid groups (broad SMARTS) is 1. The number of rotatable bonds is 15. The smallest absolute Gasteiger partial charge is 0.326 e. The van der Waals surface area contributed by atoms with Crippen LogP contribution in [0.15, 0.2) is 12.1 Å². The van der Waals surface area contributed by atoms with E-state index in [1.165, 1.54) is 5.56 Å². The first kappa shape index (κ1) is 28.1. The molecule has 1 aromatic rings. The molecule has 0 spiro atoms. The van der Waals surface area contributed by atoms with Crippen LogP contribution in [0.4, 0.5) is 5.82 Å². The Morgan fingerprint density at radius 3 is 2.74 bits per heavy atom. The number of hydrogen-bond donors (Lipinski definition) is 3. The number of fused-ring (bicyclic) bond motifs is 1. The normalized spacial score (nSPS) is 14.4. The predicted molar refractivity (Wildman–Crippen MR) is 135 cm³/mol. The Kier molecular flexibility index (Phi) is 11.8. The largest absolute Gasteiger partial charge is 0.480 e. The monoisotopic (exact) mass is 476 g/mol. The minimum Gasteiger partial charge on any atom is -0.480 e. The van der Waals surface area contributed by atoms with Gasteiger partial charge in [-0.05, 0) is 69.0 Å². The van der Waals surface area contributed by atoms with Crippen LogP contribution >= 0.6 is 0 Å². The highest BCUT2D eigenvalue weighted by Crippen LogP contribution is 2.20. The maximum absolute atomic E-state index is 12.2. The van der Waals surface area contributed by atoms with E-state index in [2.05, 4.69) is 27.7 Å². The van der Waals surface area contributed by atoms with Crippen molar-refractivity contribution in [3.63, 3.8) is 0 Å². The molecule has 1 aliphatic heterocycles. The van der Waals surface area contributed by atoms with Gasteiger partial charge in [0.2, 0.25) is 5.91 Å². The van der Waals surface area contributed by atoms with Gasteiger partial charge in [0.25, 0.3) is 0 Å². The van der Waals surface area contributed by atoms with Gasteiger partial charge in [-0.1, -0.05) is 26.8 Å². The van der Waals surface area contributed by atoms with Gasteiger partial charge < -0.3 is 25.4 Å². The summed E-state index contributed by atoms with van der Waals surface area (Å²) in [6.07, 6.45) is 5.86. The van der Waals surface area contributed by atoms with Crippen LogP contribution < -0.4 is 10.6 Å². The van der Waals surface area contributed by atoms with E-state index in [-0.39, 0.29) is 11.3 Å². The lowest BCUT2D eigenvalue weighted by molar-refractivity contribution is -0.142. The number of anilines is 1. The Balaban J connectivity index is 1.82. The van der Waals surface area contributed by atoms with E-state index in [4.69, 9.17) is 9.72 Å². The van der Waals surface area contributed by atoms with E-state index >= 15 is 0 Å². The van der Waals surface area contributed by atoms with E-state index in [1.807, 2.05) is 27.7 Å². The number of hydrogen-bond acceptors (Lipinski definition) is 6. The Labute approximate surface area is 204 Å². The summed E-state index contributed by atoms with van der Waals surface area (Å²) >= 11 is 0. The number of aromatic nitrogens is 1. The average molecular weight is 477 g/mol. The van der Waals surface area contributed by atoms with Crippen LogP contribution in [0.3, 0.4) is 0 Å². The van der Waals surface area contributed by atoms with Crippen LogP contribution in [0.1, 0.15) is 71.1 Å². The van der Waals surface area contributed by atoms with E-state index in [1.54, 1.807) is 0 Å². The first-order chi connectivity index (χ1) is 16.2. The lowest BCUT2D eigenvalue weighted by Gasteiger charge is -2.25. The van der Waals surface area contributed by atoms with Gasteiger partial charge in [0.1, 0.15) is 11.9 Å². The van der Waals surface area contributed by atoms with Crippen LogP contribution in [0.2, 0.25) is 0 Å². The molecule has 0 saturated carbocycles. The van der Waals surface area contributed by atoms with Gasteiger partial charge in [-0.2, -0.15) is 0 Å². The molecule has 8 nitrogen and oxygen atoms in total. The number of amides is 1. The second-order valence-electron chi connectivity index (χ2n) is 10.3. The van der Waals surface area contributed by atoms with Gasteiger partial charge in [-0.3, -0.25) is 4.79 Å². The van der Waals surface area contributed by atoms with Crippen molar-refractivity contribution in [2.24, 2.45) is 5.41 Å². The van der Waals surface area contributed by atoms with Crippen LogP contribution in [-0.2, 0) is 27.2 Å². The van der Waals surface area contributed by atoms with Crippen LogP contribution in [0, 0.1) is 5.41 Å². The first-order valence-electron chi connectivity index (χ1n) is 12.7. The number of carbonyl (C=O) groups excluding carboxylic acids is 1. The average Bonchev–Trinajstić information content (AvgIpc) is 2.77. The number of nitrogens with zero attached hydrogens (tertiary/aromatic N) is 2. The molecular formula is C26H44N4O4. The second kappa shape index (κ2) is 14.3. The SMILES string of the molecule is CCOCCN(CCCCc1ccc2c(n1)NCCC2)CCC(NC(=O)CC(C)(C)C)C(=O)O. The number of aliphatic carboxylic acids is 1.